The SMILES string of the molecule is CC1C(=O)NC(c2ccccc2)C(=O)N1C1(C)CCOC1. The standard InChI is InChI=1S/C16H20N2O3/c1-11-14(19)17-13(12-6-4-3-5-7-12)15(20)18(11)16(2)8-9-21-10-16/h3-7,11,13H,8-10H2,1-2H3,(H,17,19). The van der Waals surface area contributed by atoms with Gasteiger partial charge in [-0.3, -0.25) is 9.59 Å². The maximum atomic E-state index is 12.9. The summed E-state index contributed by atoms with van der Waals surface area (Å²) in [5.41, 5.74) is 0.414. The van der Waals surface area contributed by atoms with E-state index < -0.39 is 17.6 Å². The van der Waals surface area contributed by atoms with Crippen LogP contribution in [0.4, 0.5) is 0 Å². The lowest BCUT2D eigenvalue weighted by Crippen LogP contribution is -2.65. The fourth-order valence-electron chi connectivity index (χ4n) is 3.22. The van der Waals surface area contributed by atoms with Crippen molar-refractivity contribution >= 4 is 11.8 Å². The van der Waals surface area contributed by atoms with Gasteiger partial charge in [0.05, 0.1) is 12.1 Å². The molecule has 0 aromatic heterocycles. The molecule has 3 atom stereocenters. The Morgan fingerprint density at radius 1 is 1.29 bits per heavy atom. The van der Waals surface area contributed by atoms with Crippen molar-refractivity contribution in [1.29, 1.82) is 0 Å². The summed E-state index contributed by atoms with van der Waals surface area (Å²) in [7, 11) is 0. The normalized spacial score (nSPS) is 33.1. The maximum Gasteiger partial charge on any atom is 0.251 e. The lowest BCUT2D eigenvalue weighted by molar-refractivity contribution is -0.156. The second kappa shape index (κ2) is 5.15. The molecule has 112 valence electrons. The molecule has 3 unspecified atom stereocenters. The van der Waals surface area contributed by atoms with E-state index in [9.17, 15) is 9.59 Å². The van der Waals surface area contributed by atoms with Crippen LogP contribution in [-0.4, -0.2) is 41.5 Å². The number of ether oxygens (including phenoxy) is 1. The van der Waals surface area contributed by atoms with Crippen molar-refractivity contribution in [2.24, 2.45) is 0 Å². The summed E-state index contributed by atoms with van der Waals surface area (Å²) in [5.74, 6) is -0.169. The number of benzene rings is 1. The van der Waals surface area contributed by atoms with Crippen molar-refractivity contribution in [3.05, 3.63) is 35.9 Å². The topological polar surface area (TPSA) is 58.6 Å². The summed E-state index contributed by atoms with van der Waals surface area (Å²) < 4.78 is 5.46. The molecule has 5 heteroatoms. The molecule has 3 rings (SSSR count). The number of carbonyl (C=O) groups excluding carboxylic acids is 2. The molecule has 2 amide bonds. The first-order chi connectivity index (χ1) is 10.0. The van der Waals surface area contributed by atoms with Gasteiger partial charge in [-0.2, -0.15) is 0 Å². The van der Waals surface area contributed by atoms with Gasteiger partial charge in [0.1, 0.15) is 12.1 Å². The van der Waals surface area contributed by atoms with Gasteiger partial charge in [0.25, 0.3) is 5.91 Å². The monoisotopic (exact) mass is 288 g/mol. The largest absolute Gasteiger partial charge is 0.379 e. The number of nitrogens with one attached hydrogen (secondary N) is 1. The third-order valence-corrected chi connectivity index (χ3v) is 4.45. The molecule has 0 bridgehead atoms. The number of piperazine rings is 1. The molecule has 21 heavy (non-hydrogen) atoms. The fourth-order valence-corrected chi connectivity index (χ4v) is 3.22. The summed E-state index contributed by atoms with van der Waals surface area (Å²) in [6.45, 7) is 4.88. The molecule has 0 saturated carbocycles. The highest BCUT2D eigenvalue weighted by Crippen LogP contribution is 2.33. The van der Waals surface area contributed by atoms with E-state index in [1.54, 1.807) is 11.8 Å². The summed E-state index contributed by atoms with van der Waals surface area (Å²) >= 11 is 0. The Hall–Kier alpha value is -1.88. The van der Waals surface area contributed by atoms with E-state index in [1.165, 1.54) is 0 Å². The van der Waals surface area contributed by atoms with E-state index in [2.05, 4.69) is 5.32 Å². The van der Waals surface area contributed by atoms with Crippen LogP contribution in [0, 0.1) is 0 Å². The van der Waals surface area contributed by atoms with Crippen molar-refractivity contribution in [1.82, 2.24) is 10.2 Å². The summed E-state index contributed by atoms with van der Waals surface area (Å²) in [4.78, 5) is 26.9. The van der Waals surface area contributed by atoms with Crippen LogP contribution in [0.25, 0.3) is 0 Å². The van der Waals surface area contributed by atoms with Crippen LogP contribution in [0.1, 0.15) is 31.9 Å². The molecule has 2 aliphatic heterocycles. The summed E-state index contributed by atoms with van der Waals surface area (Å²) in [5, 5.41) is 2.83. The number of amides is 2. The molecular weight excluding hydrogens is 268 g/mol. The van der Waals surface area contributed by atoms with E-state index in [0.717, 1.165) is 12.0 Å². The minimum atomic E-state index is -0.604. The second-order valence-electron chi connectivity index (χ2n) is 6.04. The Labute approximate surface area is 124 Å². The molecule has 1 aromatic rings. The zero-order chi connectivity index (χ0) is 15.0. The van der Waals surface area contributed by atoms with Gasteiger partial charge in [0, 0.05) is 6.61 Å². The molecule has 0 spiro atoms. The van der Waals surface area contributed by atoms with Gasteiger partial charge >= 0.3 is 0 Å². The molecule has 0 aliphatic carbocycles. The van der Waals surface area contributed by atoms with E-state index in [0.29, 0.717) is 13.2 Å². The van der Waals surface area contributed by atoms with E-state index >= 15 is 0 Å². The van der Waals surface area contributed by atoms with Crippen LogP contribution < -0.4 is 5.32 Å². The Bertz CT molecular complexity index is 552. The zero-order valence-corrected chi connectivity index (χ0v) is 12.3. The lowest BCUT2D eigenvalue weighted by atomic mass is 9.91. The number of hydrogen-bond acceptors (Lipinski definition) is 3. The number of nitrogens with zero attached hydrogens (tertiary/aromatic N) is 1. The predicted octanol–water partition coefficient (Wildman–Crippen LogP) is 1.25. The van der Waals surface area contributed by atoms with Crippen LogP contribution in [0.5, 0.6) is 0 Å². The Balaban J connectivity index is 1.95. The second-order valence-corrected chi connectivity index (χ2v) is 6.04. The molecule has 1 aromatic carbocycles. The first kappa shape index (κ1) is 14.1. The van der Waals surface area contributed by atoms with Gasteiger partial charge in [0.15, 0.2) is 0 Å². The first-order valence-corrected chi connectivity index (χ1v) is 7.29. The third kappa shape index (κ3) is 2.31. The van der Waals surface area contributed by atoms with Crippen LogP contribution in [-0.2, 0) is 14.3 Å². The van der Waals surface area contributed by atoms with E-state index in [1.807, 2.05) is 37.3 Å². The minimum absolute atomic E-state index is 0.0544. The lowest BCUT2D eigenvalue weighted by Gasteiger charge is -2.46. The molecule has 2 saturated heterocycles. The van der Waals surface area contributed by atoms with Crippen LogP contribution >= 0.6 is 0 Å². The van der Waals surface area contributed by atoms with Gasteiger partial charge in [-0.1, -0.05) is 30.3 Å². The Morgan fingerprint density at radius 3 is 2.62 bits per heavy atom. The number of rotatable bonds is 2. The highest BCUT2D eigenvalue weighted by molar-refractivity contribution is 5.97. The molecule has 0 radical (unpaired) electrons. The molecule has 5 nitrogen and oxygen atoms in total. The summed E-state index contributed by atoms with van der Waals surface area (Å²) in [6.07, 6.45) is 0.762. The van der Waals surface area contributed by atoms with Gasteiger partial charge in [0.2, 0.25) is 5.91 Å². The van der Waals surface area contributed by atoms with Gasteiger partial charge in [-0.25, -0.2) is 0 Å². The Kier molecular flexibility index (Phi) is 3.45. The smallest absolute Gasteiger partial charge is 0.251 e. The highest BCUT2D eigenvalue weighted by Gasteiger charge is 2.48. The van der Waals surface area contributed by atoms with Crippen molar-refractivity contribution in [3.63, 3.8) is 0 Å². The third-order valence-electron chi connectivity index (χ3n) is 4.45. The van der Waals surface area contributed by atoms with Crippen LogP contribution in [0.15, 0.2) is 30.3 Å². The van der Waals surface area contributed by atoms with Crippen molar-refractivity contribution < 1.29 is 14.3 Å². The molecule has 2 heterocycles. The van der Waals surface area contributed by atoms with Crippen molar-refractivity contribution in [2.75, 3.05) is 13.2 Å². The molecule has 1 N–H and O–H groups in total. The average Bonchev–Trinajstić information content (AvgIpc) is 2.91. The van der Waals surface area contributed by atoms with Gasteiger partial charge in [-0.05, 0) is 25.8 Å². The average molecular weight is 288 g/mol. The molecular formula is C16H20N2O3. The summed E-state index contributed by atoms with van der Waals surface area (Å²) in [6, 6.07) is 8.30. The van der Waals surface area contributed by atoms with E-state index in [-0.39, 0.29) is 11.8 Å². The predicted molar refractivity (Wildman–Crippen MR) is 77.5 cm³/mol. The molecule has 2 fully saturated rings. The number of carbonyl (C=O) groups is 2. The maximum absolute atomic E-state index is 12.9. The van der Waals surface area contributed by atoms with E-state index in [4.69, 9.17) is 4.74 Å². The quantitative estimate of drug-likeness (QED) is 0.891. The minimum Gasteiger partial charge on any atom is -0.379 e. The van der Waals surface area contributed by atoms with Gasteiger partial charge in [-0.15, -0.1) is 0 Å². The number of hydrogen-bond donors (Lipinski definition) is 1. The van der Waals surface area contributed by atoms with Crippen molar-refractivity contribution in [2.45, 2.75) is 37.9 Å². The van der Waals surface area contributed by atoms with Gasteiger partial charge < -0.3 is 15.0 Å². The van der Waals surface area contributed by atoms with Crippen molar-refractivity contribution in [3.8, 4) is 0 Å². The first-order valence-electron chi connectivity index (χ1n) is 7.29. The van der Waals surface area contributed by atoms with Crippen LogP contribution in [0.2, 0.25) is 0 Å². The van der Waals surface area contributed by atoms with Crippen LogP contribution in [0.3, 0.4) is 0 Å². The zero-order valence-electron chi connectivity index (χ0n) is 12.3. The fraction of sp³-hybridized carbons (Fsp3) is 0.500. The Morgan fingerprint density at radius 2 is 2.00 bits per heavy atom. The highest BCUT2D eigenvalue weighted by atomic mass is 16.5. The molecule has 2 aliphatic rings.